The van der Waals surface area contributed by atoms with Gasteiger partial charge in [0.05, 0.1) is 5.69 Å². The summed E-state index contributed by atoms with van der Waals surface area (Å²) >= 11 is 1.53. The van der Waals surface area contributed by atoms with Crippen LogP contribution in [0.3, 0.4) is 0 Å². The van der Waals surface area contributed by atoms with Crippen LogP contribution in [0.1, 0.15) is 25.2 Å². The van der Waals surface area contributed by atoms with Gasteiger partial charge >= 0.3 is 0 Å². The van der Waals surface area contributed by atoms with Crippen molar-refractivity contribution in [2.24, 2.45) is 0 Å². The number of rotatable bonds is 2. The smallest absolute Gasteiger partial charge is 0.259 e. The molecule has 0 aromatic carbocycles. The first-order valence-corrected chi connectivity index (χ1v) is 7.86. The van der Waals surface area contributed by atoms with Gasteiger partial charge in [-0.05, 0) is 20.8 Å². The molecule has 0 aliphatic carbocycles. The van der Waals surface area contributed by atoms with Gasteiger partial charge in [-0.1, -0.05) is 0 Å². The highest BCUT2D eigenvalue weighted by Gasteiger charge is 2.21. The summed E-state index contributed by atoms with van der Waals surface area (Å²) in [6, 6.07) is 2.63. The van der Waals surface area contributed by atoms with E-state index in [4.69, 9.17) is 0 Å². The maximum absolute atomic E-state index is 12.2. The van der Waals surface area contributed by atoms with Gasteiger partial charge in [0.1, 0.15) is 0 Å². The van der Waals surface area contributed by atoms with Crippen molar-refractivity contribution in [1.82, 2.24) is 19.6 Å². The van der Waals surface area contributed by atoms with Crippen molar-refractivity contribution in [2.75, 3.05) is 13.1 Å². The van der Waals surface area contributed by atoms with Gasteiger partial charge in [-0.3, -0.25) is 14.1 Å². The average molecular weight is 292 g/mol. The molecule has 1 aliphatic heterocycles. The zero-order valence-electron chi connectivity index (χ0n) is 12.1. The molecule has 3 heterocycles. The Morgan fingerprint density at radius 3 is 2.80 bits per heavy atom. The van der Waals surface area contributed by atoms with E-state index >= 15 is 0 Å². The minimum absolute atomic E-state index is 0.0278. The molecule has 2 unspecified atom stereocenters. The lowest BCUT2D eigenvalue weighted by Crippen LogP contribution is -2.53. The Morgan fingerprint density at radius 2 is 2.10 bits per heavy atom. The van der Waals surface area contributed by atoms with E-state index in [-0.39, 0.29) is 5.56 Å². The molecular formula is C14H20N4OS. The van der Waals surface area contributed by atoms with Crippen molar-refractivity contribution in [2.45, 2.75) is 39.4 Å². The Morgan fingerprint density at radius 1 is 1.40 bits per heavy atom. The second-order valence-corrected chi connectivity index (χ2v) is 6.58. The van der Waals surface area contributed by atoms with Gasteiger partial charge in [0.25, 0.3) is 5.56 Å². The number of hydrogen-bond acceptors (Lipinski definition) is 5. The van der Waals surface area contributed by atoms with Gasteiger partial charge in [0, 0.05) is 48.9 Å². The number of hydrogen-bond donors (Lipinski definition) is 1. The minimum Gasteiger partial charge on any atom is -0.309 e. The van der Waals surface area contributed by atoms with Crippen LogP contribution in [0.2, 0.25) is 0 Å². The van der Waals surface area contributed by atoms with Crippen LogP contribution in [-0.2, 0) is 6.54 Å². The maximum Gasteiger partial charge on any atom is 0.259 e. The van der Waals surface area contributed by atoms with Gasteiger partial charge in [-0.15, -0.1) is 11.3 Å². The number of piperazine rings is 1. The molecule has 20 heavy (non-hydrogen) atoms. The fourth-order valence-electron chi connectivity index (χ4n) is 2.98. The highest BCUT2D eigenvalue weighted by Crippen LogP contribution is 2.13. The number of aromatic nitrogens is 2. The molecule has 2 atom stereocenters. The van der Waals surface area contributed by atoms with Gasteiger partial charge in [0.2, 0.25) is 0 Å². The van der Waals surface area contributed by atoms with Crippen molar-refractivity contribution in [3.8, 4) is 0 Å². The van der Waals surface area contributed by atoms with E-state index < -0.39 is 0 Å². The fraction of sp³-hybridized carbons (Fsp3) is 0.571. The van der Waals surface area contributed by atoms with E-state index in [2.05, 4.69) is 29.0 Å². The standard InChI is InChI=1S/C14H20N4OS/c1-9-5-17(6-10(2)15-9)7-12-4-13(19)18-11(3)8-20-14(18)16-12/h4,8-10,15H,5-7H2,1-3H3. The van der Waals surface area contributed by atoms with E-state index in [9.17, 15) is 4.79 Å². The monoisotopic (exact) mass is 292 g/mol. The first kappa shape index (κ1) is 13.7. The molecule has 6 heteroatoms. The average Bonchev–Trinajstić information content (AvgIpc) is 2.69. The molecule has 0 saturated carbocycles. The molecule has 1 saturated heterocycles. The molecule has 0 radical (unpaired) electrons. The largest absolute Gasteiger partial charge is 0.309 e. The first-order chi connectivity index (χ1) is 9.52. The van der Waals surface area contributed by atoms with E-state index in [0.29, 0.717) is 12.1 Å². The quantitative estimate of drug-likeness (QED) is 0.905. The van der Waals surface area contributed by atoms with Crippen LogP contribution in [0, 0.1) is 6.92 Å². The first-order valence-electron chi connectivity index (χ1n) is 6.98. The molecule has 3 rings (SSSR count). The van der Waals surface area contributed by atoms with Crippen LogP contribution >= 0.6 is 11.3 Å². The van der Waals surface area contributed by atoms with Gasteiger partial charge in [-0.2, -0.15) is 0 Å². The summed E-state index contributed by atoms with van der Waals surface area (Å²) in [6.45, 7) is 9.06. The molecule has 108 valence electrons. The zero-order chi connectivity index (χ0) is 14.3. The lowest BCUT2D eigenvalue weighted by molar-refractivity contribution is 0.165. The summed E-state index contributed by atoms with van der Waals surface area (Å²) < 4.78 is 1.68. The fourth-order valence-corrected chi connectivity index (χ4v) is 3.87. The Labute approximate surface area is 122 Å². The predicted molar refractivity (Wildman–Crippen MR) is 81.4 cm³/mol. The van der Waals surface area contributed by atoms with Crippen LogP contribution in [0.4, 0.5) is 0 Å². The number of fused-ring (bicyclic) bond motifs is 1. The van der Waals surface area contributed by atoms with Crippen molar-refractivity contribution in [3.05, 3.63) is 33.2 Å². The van der Waals surface area contributed by atoms with Gasteiger partial charge in [-0.25, -0.2) is 4.98 Å². The molecule has 1 fully saturated rings. The molecule has 5 nitrogen and oxygen atoms in total. The van der Waals surface area contributed by atoms with Crippen molar-refractivity contribution >= 4 is 16.3 Å². The van der Waals surface area contributed by atoms with Crippen molar-refractivity contribution in [3.63, 3.8) is 0 Å². The summed E-state index contributed by atoms with van der Waals surface area (Å²) in [5.41, 5.74) is 1.86. The predicted octanol–water partition coefficient (Wildman–Crippen LogP) is 1.25. The molecule has 0 amide bonds. The van der Waals surface area contributed by atoms with Crippen molar-refractivity contribution < 1.29 is 0 Å². The van der Waals surface area contributed by atoms with Gasteiger partial charge in [0.15, 0.2) is 4.96 Å². The summed E-state index contributed by atoms with van der Waals surface area (Å²) in [5.74, 6) is 0. The van der Waals surface area contributed by atoms with Crippen LogP contribution in [0.5, 0.6) is 0 Å². The lowest BCUT2D eigenvalue weighted by Gasteiger charge is -2.35. The molecule has 0 spiro atoms. The van der Waals surface area contributed by atoms with Crippen LogP contribution in [0.25, 0.3) is 4.96 Å². The Kier molecular flexibility index (Phi) is 3.62. The minimum atomic E-state index is 0.0278. The Bertz CT molecular complexity index is 667. The summed E-state index contributed by atoms with van der Waals surface area (Å²) in [5, 5.41) is 5.49. The third kappa shape index (κ3) is 2.63. The Hall–Kier alpha value is -1.24. The number of thiazole rings is 1. The zero-order valence-corrected chi connectivity index (χ0v) is 12.9. The summed E-state index contributed by atoms with van der Waals surface area (Å²) in [6.07, 6.45) is 0. The summed E-state index contributed by atoms with van der Waals surface area (Å²) in [7, 11) is 0. The van der Waals surface area contributed by atoms with Crippen LogP contribution in [0.15, 0.2) is 16.2 Å². The van der Waals surface area contributed by atoms with Crippen LogP contribution in [-0.4, -0.2) is 39.5 Å². The number of nitrogens with one attached hydrogen (secondary N) is 1. The van der Waals surface area contributed by atoms with Crippen molar-refractivity contribution in [1.29, 1.82) is 0 Å². The number of aryl methyl sites for hydroxylation is 1. The summed E-state index contributed by atoms with van der Waals surface area (Å²) in [4.78, 5) is 19.9. The highest BCUT2D eigenvalue weighted by molar-refractivity contribution is 7.15. The van der Waals surface area contributed by atoms with E-state index in [0.717, 1.165) is 36.0 Å². The third-order valence-electron chi connectivity index (χ3n) is 3.65. The second-order valence-electron chi connectivity index (χ2n) is 5.74. The molecule has 1 N–H and O–H groups in total. The third-order valence-corrected chi connectivity index (χ3v) is 4.59. The van der Waals surface area contributed by atoms with Crippen LogP contribution < -0.4 is 10.9 Å². The Balaban J connectivity index is 1.86. The maximum atomic E-state index is 12.2. The lowest BCUT2D eigenvalue weighted by atomic mass is 10.1. The normalized spacial score (nSPS) is 24.4. The second kappa shape index (κ2) is 5.27. The van der Waals surface area contributed by atoms with E-state index in [1.54, 1.807) is 10.5 Å². The number of nitrogens with zero attached hydrogens (tertiary/aromatic N) is 3. The topological polar surface area (TPSA) is 49.6 Å². The SMILES string of the molecule is Cc1csc2nc(CN3CC(C)NC(C)C3)cc(=O)n12. The molecule has 2 aromatic rings. The molecule has 2 aromatic heterocycles. The highest BCUT2D eigenvalue weighted by atomic mass is 32.1. The molecule has 0 bridgehead atoms. The van der Waals surface area contributed by atoms with Gasteiger partial charge < -0.3 is 5.32 Å². The molecular weight excluding hydrogens is 272 g/mol. The molecule has 1 aliphatic rings. The van der Waals surface area contributed by atoms with E-state index in [1.807, 2.05) is 12.3 Å². The van der Waals surface area contributed by atoms with E-state index in [1.165, 1.54) is 11.3 Å².